The van der Waals surface area contributed by atoms with Crippen LogP contribution in [0.4, 0.5) is 5.69 Å². The first kappa shape index (κ1) is 19.8. The number of hydrogen-bond donors (Lipinski definition) is 1. The lowest BCUT2D eigenvalue weighted by molar-refractivity contribution is -0.255. The van der Waals surface area contributed by atoms with E-state index in [4.69, 9.17) is 12.2 Å². The summed E-state index contributed by atoms with van der Waals surface area (Å²) < 4.78 is 0.415. The Bertz CT molecular complexity index is 956. The van der Waals surface area contributed by atoms with Gasteiger partial charge in [-0.05, 0) is 29.3 Å². The van der Waals surface area contributed by atoms with Crippen molar-refractivity contribution in [2.24, 2.45) is 0 Å². The molecular formula is C20H15N2O4S2-. The molecule has 0 aliphatic carbocycles. The number of benzene rings is 2. The Hall–Kier alpha value is -2.97. The van der Waals surface area contributed by atoms with Crippen molar-refractivity contribution in [1.82, 2.24) is 4.90 Å². The second kappa shape index (κ2) is 8.81. The number of thiocarbonyl (C=S) groups is 1. The quantitative estimate of drug-likeness (QED) is 0.579. The molecule has 0 aromatic heterocycles. The molecule has 1 heterocycles. The van der Waals surface area contributed by atoms with E-state index in [2.05, 4.69) is 5.32 Å². The number of carboxylic acid groups (broad SMARTS) is 1. The Morgan fingerprint density at radius 2 is 1.79 bits per heavy atom. The van der Waals surface area contributed by atoms with Crippen LogP contribution in [0.5, 0.6) is 0 Å². The molecule has 6 nitrogen and oxygen atoms in total. The van der Waals surface area contributed by atoms with Crippen LogP contribution in [-0.4, -0.2) is 33.5 Å². The van der Waals surface area contributed by atoms with Crippen LogP contribution in [0.1, 0.15) is 22.3 Å². The van der Waals surface area contributed by atoms with Gasteiger partial charge in [0.1, 0.15) is 4.32 Å². The van der Waals surface area contributed by atoms with Gasteiger partial charge in [-0.3, -0.25) is 14.5 Å². The normalized spacial score (nSPS) is 15.1. The number of aromatic carboxylic acids is 1. The van der Waals surface area contributed by atoms with Crippen molar-refractivity contribution >= 4 is 57.8 Å². The number of carbonyl (C=O) groups excluding carboxylic acids is 3. The fraction of sp³-hybridized carbons (Fsp3) is 0.100. The zero-order valence-electron chi connectivity index (χ0n) is 14.6. The minimum atomic E-state index is -1.28. The Kier molecular flexibility index (Phi) is 6.23. The third-order valence-corrected chi connectivity index (χ3v) is 5.32. The van der Waals surface area contributed by atoms with E-state index in [1.165, 1.54) is 40.9 Å². The molecule has 1 N–H and O–H groups in total. The molecule has 1 aliphatic rings. The Labute approximate surface area is 171 Å². The molecule has 1 saturated heterocycles. The number of anilines is 1. The molecule has 0 bridgehead atoms. The zero-order valence-corrected chi connectivity index (χ0v) is 16.2. The topological polar surface area (TPSA) is 89.5 Å². The Morgan fingerprint density at radius 3 is 2.43 bits per heavy atom. The minimum Gasteiger partial charge on any atom is -0.545 e. The first-order chi connectivity index (χ1) is 13.4. The minimum absolute atomic E-state index is 0.0285. The van der Waals surface area contributed by atoms with Gasteiger partial charge in [0.15, 0.2) is 0 Å². The number of thioether (sulfide) groups is 1. The van der Waals surface area contributed by atoms with E-state index >= 15 is 0 Å². The van der Waals surface area contributed by atoms with E-state index in [9.17, 15) is 19.5 Å². The first-order valence-electron chi connectivity index (χ1n) is 8.36. The molecule has 0 atom stereocenters. The zero-order chi connectivity index (χ0) is 20.1. The highest BCUT2D eigenvalue weighted by atomic mass is 32.2. The first-order valence-corrected chi connectivity index (χ1v) is 9.58. The SMILES string of the molecule is O=C(CCN1C(=O)/C(=C\c2ccccc2)SC1=S)Nc1ccc(C(=O)[O-])cc1. The predicted molar refractivity (Wildman–Crippen MR) is 110 cm³/mol. The second-order valence-corrected chi connectivity index (χ2v) is 7.58. The average Bonchev–Trinajstić information content (AvgIpc) is 2.94. The number of rotatable bonds is 6. The average molecular weight is 411 g/mol. The highest BCUT2D eigenvalue weighted by Gasteiger charge is 2.32. The number of carbonyl (C=O) groups is 3. The third kappa shape index (κ3) is 4.85. The summed E-state index contributed by atoms with van der Waals surface area (Å²) in [6.45, 7) is 0.166. The molecule has 2 amide bonds. The van der Waals surface area contributed by atoms with Crippen LogP contribution in [0.3, 0.4) is 0 Å². The molecule has 0 radical (unpaired) electrons. The lowest BCUT2D eigenvalue weighted by Crippen LogP contribution is -2.31. The van der Waals surface area contributed by atoms with Gasteiger partial charge in [-0.15, -0.1) is 0 Å². The molecule has 142 valence electrons. The molecular weight excluding hydrogens is 396 g/mol. The maximum absolute atomic E-state index is 12.5. The van der Waals surface area contributed by atoms with Crippen molar-refractivity contribution in [2.45, 2.75) is 6.42 Å². The summed E-state index contributed by atoms with van der Waals surface area (Å²) in [5.41, 5.74) is 1.39. The predicted octanol–water partition coefficient (Wildman–Crippen LogP) is 2.28. The van der Waals surface area contributed by atoms with E-state index in [1.807, 2.05) is 30.3 Å². The van der Waals surface area contributed by atoms with Crippen molar-refractivity contribution in [3.63, 3.8) is 0 Å². The van der Waals surface area contributed by atoms with Gasteiger partial charge < -0.3 is 15.2 Å². The van der Waals surface area contributed by atoms with E-state index in [-0.39, 0.29) is 30.3 Å². The van der Waals surface area contributed by atoms with Gasteiger partial charge in [-0.1, -0.05) is 66.4 Å². The van der Waals surface area contributed by atoms with Gasteiger partial charge >= 0.3 is 0 Å². The number of nitrogens with zero attached hydrogens (tertiary/aromatic N) is 1. The smallest absolute Gasteiger partial charge is 0.266 e. The largest absolute Gasteiger partial charge is 0.545 e. The number of hydrogen-bond acceptors (Lipinski definition) is 6. The summed E-state index contributed by atoms with van der Waals surface area (Å²) >= 11 is 6.48. The fourth-order valence-electron chi connectivity index (χ4n) is 2.52. The van der Waals surface area contributed by atoms with Crippen LogP contribution in [-0.2, 0) is 9.59 Å². The second-order valence-electron chi connectivity index (χ2n) is 5.91. The molecule has 8 heteroatoms. The maximum Gasteiger partial charge on any atom is 0.266 e. The van der Waals surface area contributed by atoms with Crippen LogP contribution in [0.25, 0.3) is 6.08 Å². The lowest BCUT2D eigenvalue weighted by Gasteiger charge is -2.14. The van der Waals surface area contributed by atoms with Crippen molar-refractivity contribution in [1.29, 1.82) is 0 Å². The van der Waals surface area contributed by atoms with Crippen molar-refractivity contribution < 1.29 is 19.5 Å². The van der Waals surface area contributed by atoms with Crippen LogP contribution < -0.4 is 10.4 Å². The molecule has 1 aliphatic heterocycles. The summed E-state index contributed by atoms with van der Waals surface area (Å²) in [6.07, 6.45) is 1.84. The highest BCUT2D eigenvalue weighted by Crippen LogP contribution is 2.32. The molecule has 2 aromatic rings. The summed E-state index contributed by atoms with van der Waals surface area (Å²) in [5, 5.41) is 13.4. The standard InChI is InChI=1S/C20H16N2O4S2/c23-17(21-15-8-6-14(7-9-15)19(25)26)10-11-22-18(24)16(28-20(22)27)12-13-4-2-1-3-5-13/h1-9,12H,10-11H2,(H,21,23)(H,25,26)/p-1/b16-12+. The summed E-state index contributed by atoms with van der Waals surface area (Å²) in [6, 6.07) is 15.1. The fourth-order valence-corrected chi connectivity index (χ4v) is 3.83. The highest BCUT2D eigenvalue weighted by molar-refractivity contribution is 8.26. The number of nitrogens with one attached hydrogen (secondary N) is 1. The summed E-state index contributed by atoms with van der Waals surface area (Å²) in [7, 11) is 0. The van der Waals surface area contributed by atoms with Crippen LogP contribution in [0.15, 0.2) is 59.5 Å². The van der Waals surface area contributed by atoms with Gasteiger partial charge in [0.05, 0.1) is 10.9 Å². The van der Waals surface area contributed by atoms with Crippen LogP contribution in [0, 0.1) is 0 Å². The lowest BCUT2D eigenvalue weighted by atomic mass is 10.2. The van der Waals surface area contributed by atoms with Crippen LogP contribution >= 0.6 is 24.0 Å². The monoisotopic (exact) mass is 411 g/mol. The van der Waals surface area contributed by atoms with Crippen molar-refractivity contribution in [3.05, 3.63) is 70.6 Å². The molecule has 0 unspecified atom stereocenters. The van der Waals surface area contributed by atoms with Crippen molar-refractivity contribution in [3.8, 4) is 0 Å². The molecule has 28 heavy (non-hydrogen) atoms. The van der Waals surface area contributed by atoms with E-state index < -0.39 is 5.97 Å². The van der Waals surface area contributed by atoms with Crippen molar-refractivity contribution in [2.75, 3.05) is 11.9 Å². The van der Waals surface area contributed by atoms with Crippen LogP contribution in [0.2, 0.25) is 0 Å². The van der Waals surface area contributed by atoms with Gasteiger partial charge in [0.25, 0.3) is 5.91 Å². The molecule has 1 fully saturated rings. The van der Waals surface area contributed by atoms with E-state index in [0.29, 0.717) is 14.9 Å². The van der Waals surface area contributed by atoms with E-state index in [0.717, 1.165) is 5.56 Å². The maximum atomic E-state index is 12.5. The molecule has 3 rings (SSSR count). The van der Waals surface area contributed by atoms with E-state index in [1.54, 1.807) is 6.08 Å². The third-order valence-electron chi connectivity index (χ3n) is 3.94. The Morgan fingerprint density at radius 1 is 1.11 bits per heavy atom. The number of amides is 2. The molecule has 0 saturated carbocycles. The van der Waals surface area contributed by atoms with Gasteiger partial charge in [-0.2, -0.15) is 0 Å². The van der Waals surface area contributed by atoms with Gasteiger partial charge in [-0.25, -0.2) is 0 Å². The molecule has 2 aromatic carbocycles. The molecule has 0 spiro atoms. The van der Waals surface area contributed by atoms with Gasteiger partial charge in [0, 0.05) is 18.7 Å². The summed E-state index contributed by atoms with van der Waals surface area (Å²) in [4.78, 5) is 37.3. The summed E-state index contributed by atoms with van der Waals surface area (Å²) in [5.74, 6) is -1.80. The van der Waals surface area contributed by atoms with Gasteiger partial charge in [0.2, 0.25) is 5.91 Å². The number of carboxylic acids is 1. The Balaban J connectivity index is 1.57.